The Balaban J connectivity index is 1.66. The molecule has 0 saturated heterocycles. The molecule has 2 aromatic carbocycles. The van der Waals surface area contributed by atoms with Crippen molar-refractivity contribution in [3.05, 3.63) is 69.4 Å². The minimum Gasteiger partial charge on any atom is -0.454 e. The molecule has 4 rings (SSSR count). The van der Waals surface area contributed by atoms with Gasteiger partial charge in [0.1, 0.15) is 0 Å². The summed E-state index contributed by atoms with van der Waals surface area (Å²) >= 11 is 0. The molecule has 0 atom stereocenters. The van der Waals surface area contributed by atoms with Crippen molar-refractivity contribution in [2.24, 2.45) is 4.99 Å². The molecule has 0 aromatic heterocycles. The van der Waals surface area contributed by atoms with Gasteiger partial charge in [-0.1, -0.05) is 12.1 Å². The summed E-state index contributed by atoms with van der Waals surface area (Å²) in [7, 11) is 0. The molecule has 0 bridgehead atoms. The molecular weight excluding hydrogens is 328 g/mol. The lowest BCUT2D eigenvalue weighted by molar-refractivity contribution is -0.384. The number of hydrogen-bond donors (Lipinski definition) is 0. The summed E-state index contributed by atoms with van der Waals surface area (Å²) < 4.78 is 15.7. The quantitative estimate of drug-likeness (QED) is 0.369. The topological polar surface area (TPSA) is 100 Å². The minimum atomic E-state index is -0.626. The summed E-state index contributed by atoms with van der Waals surface area (Å²) in [5, 5.41) is 10.8. The first-order valence-electron chi connectivity index (χ1n) is 7.27. The smallest absolute Gasteiger partial charge is 0.363 e. The number of benzene rings is 2. The Kier molecular flexibility index (Phi) is 3.42. The summed E-state index contributed by atoms with van der Waals surface area (Å²) in [4.78, 5) is 26.5. The van der Waals surface area contributed by atoms with Crippen LogP contribution in [0.1, 0.15) is 11.1 Å². The maximum atomic E-state index is 12.0. The van der Waals surface area contributed by atoms with Crippen LogP contribution in [0.15, 0.2) is 53.2 Å². The normalized spacial score (nSPS) is 16.7. The number of esters is 1. The first-order valence-corrected chi connectivity index (χ1v) is 7.27. The predicted octanol–water partition coefficient (Wildman–Crippen LogP) is 2.67. The number of hydrogen-bond acceptors (Lipinski definition) is 7. The number of cyclic esters (lactones) is 1. The van der Waals surface area contributed by atoms with Crippen LogP contribution in [-0.4, -0.2) is 23.6 Å². The second kappa shape index (κ2) is 5.75. The molecule has 0 radical (unpaired) electrons. The maximum absolute atomic E-state index is 12.0. The van der Waals surface area contributed by atoms with Crippen LogP contribution in [0.4, 0.5) is 5.69 Å². The molecule has 2 aliphatic rings. The van der Waals surface area contributed by atoms with E-state index in [0.29, 0.717) is 22.6 Å². The molecule has 0 unspecified atom stereocenters. The van der Waals surface area contributed by atoms with Gasteiger partial charge in [-0.3, -0.25) is 10.1 Å². The van der Waals surface area contributed by atoms with Gasteiger partial charge in [0.15, 0.2) is 17.2 Å². The number of rotatable bonds is 3. The Bertz CT molecular complexity index is 963. The number of non-ortho nitro benzene ring substituents is 1. The van der Waals surface area contributed by atoms with Crippen LogP contribution in [0.3, 0.4) is 0 Å². The van der Waals surface area contributed by atoms with E-state index in [9.17, 15) is 14.9 Å². The Hall–Kier alpha value is -3.68. The summed E-state index contributed by atoms with van der Waals surface area (Å²) in [6.45, 7) is 0.142. The van der Waals surface area contributed by atoms with Gasteiger partial charge < -0.3 is 14.2 Å². The summed E-state index contributed by atoms with van der Waals surface area (Å²) in [5.74, 6) is 0.674. The maximum Gasteiger partial charge on any atom is 0.363 e. The monoisotopic (exact) mass is 338 g/mol. The number of nitro groups is 1. The highest BCUT2D eigenvalue weighted by molar-refractivity contribution is 6.13. The summed E-state index contributed by atoms with van der Waals surface area (Å²) in [6, 6.07) is 11.0. The zero-order valence-corrected chi connectivity index (χ0v) is 12.7. The van der Waals surface area contributed by atoms with Crippen LogP contribution in [0.2, 0.25) is 0 Å². The highest BCUT2D eigenvalue weighted by atomic mass is 16.7. The van der Waals surface area contributed by atoms with Crippen LogP contribution < -0.4 is 9.47 Å². The average Bonchev–Trinajstić information content (AvgIpc) is 3.21. The van der Waals surface area contributed by atoms with Crippen molar-refractivity contribution in [3.8, 4) is 11.5 Å². The van der Waals surface area contributed by atoms with Crippen molar-refractivity contribution in [2.45, 2.75) is 0 Å². The molecule has 0 amide bonds. The molecule has 2 heterocycles. The summed E-state index contributed by atoms with van der Waals surface area (Å²) in [6.07, 6.45) is 1.44. The van der Waals surface area contributed by atoms with Gasteiger partial charge in [-0.05, 0) is 29.8 Å². The highest BCUT2D eigenvalue weighted by Gasteiger charge is 2.26. The Morgan fingerprint density at radius 1 is 1.12 bits per heavy atom. The van der Waals surface area contributed by atoms with Crippen LogP contribution >= 0.6 is 0 Å². The van der Waals surface area contributed by atoms with E-state index in [1.807, 2.05) is 0 Å². The average molecular weight is 338 g/mol. The molecule has 0 saturated carbocycles. The number of aliphatic imine (C=N–C) groups is 1. The van der Waals surface area contributed by atoms with E-state index in [1.54, 1.807) is 24.3 Å². The van der Waals surface area contributed by atoms with Gasteiger partial charge in [0.25, 0.3) is 5.69 Å². The van der Waals surface area contributed by atoms with E-state index in [1.165, 1.54) is 24.3 Å². The van der Waals surface area contributed by atoms with Crippen molar-refractivity contribution < 1.29 is 23.9 Å². The van der Waals surface area contributed by atoms with Crippen molar-refractivity contribution in [1.29, 1.82) is 0 Å². The van der Waals surface area contributed by atoms with Crippen molar-refractivity contribution in [3.63, 3.8) is 0 Å². The fourth-order valence-electron chi connectivity index (χ4n) is 2.45. The number of nitro benzene ring substituents is 1. The number of fused-ring (bicyclic) bond motifs is 1. The van der Waals surface area contributed by atoms with E-state index in [4.69, 9.17) is 14.2 Å². The van der Waals surface area contributed by atoms with E-state index < -0.39 is 10.9 Å². The molecule has 124 valence electrons. The minimum absolute atomic E-state index is 0.0631. The van der Waals surface area contributed by atoms with Gasteiger partial charge in [0.2, 0.25) is 12.7 Å². The fourth-order valence-corrected chi connectivity index (χ4v) is 2.45. The molecule has 2 aromatic rings. The van der Waals surface area contributed by atoms with Gasteiger partial charge in [-0.25, -0.2) is 9.79 Å². The molecule has 8 heteroatoms. The second-order valence-electron chi connectivity index (χ2n) is 5.26. The van der Waals surface area contributed by atoms with Gasteiger partial charge in [0.05, 0.1) is 4.92 Å². The summed E-state index contributed by atoms with van der Waals surface area (Å²) in [5.41, 5.74) is 1.05. The van der Waals surface area contributed by atoms with Crippen LogP contribution in [0.5, 0.6) is 11.5 Å². The van der Waals surface area contributed by atoms with E-state index in [2.05, 4.69) is 4.99 Å². The first kappa shape index (κ1) is 14.9. The molecular formula is C17H10N2O6. The Morgan fingerprint density at radius 2 is 1.96 bits per heavy atom. The standard InChI is InChI=1S/C17H10N2O6/c20-17-13(7-10-2-1-3-12(6-10)19(21)22)18-16(25-17)11-4-5-14-15(8-11)24-9-23-14/h1-8H,9H2/b13-7+. The molecule has 2 aliphatic heterocycles. The van der Waals surface area contributed by atoms with Crippen LogP contribution in [0, 0.1) is 10.1 Å². The van der Waals surface area contributed by atoms with Crippen molar-refractivity contribution in [2.75, 3.05) is 6.79 Å². The van der Waals surface area contributed by atoms with Gasteiger partial charge >= 0.3 is 5.97 Å². The molecule has 0 fully saturated rings. The molecule has 0 N–H and O–H groups in total. The van der Waals surface area contributed by atoms with E-state index >= 15 is 0 Å². The SMILES string of the molecule is O=C1OC(c2ccc3c(c2)OCO3)=N/C1=C/c1cccc([N+](=O)[O-])c1. The van der Waals surface area contributed by atoms with E-state index in [-0.39, 0.29) is 24.1 Å². The first-order chi connectivity index (χ1) is 12.1. The lowest BCUT2D eigenvalue weighted by atomic mass is 10.1. The van der Waals surface area contributed by atoms with Gasteiger partial charge in [-0.15, -0.1) is 0 Å². The number of ether oxygens (including phenoxy) is 3. The lowest BCUT2D eigenvalue weighted by Crippen LogP contribution is -2.05. The molecule has 25 heavy (non-hydrogen) atoms. The third-order valence-corrected chi connectivity index (χ3v) is 3.62. The number of carbonyl (C=O) groups excluding carboxylic acids is 1. The van der Waals surface area contributed by atoms with Crippen LogP contribution in [0.25, 0.3) is 6.08 Å². The lowest BCUT2D eigenvalue weighted by Gasteiger charge is -2.01. The third-order valence-electron chi connectivity index (χ3n) is 3.62. The second-order valence-corrected chi connectivity index (χ2v) is 5.26. The van der Waals surface area contributed by atoms with Crippen molar-refractivity contribution >= 4 is 23.6 Å². The molecule has 0 spiro atoms. The zero-order valence-electron chi connectivity index (χ0n) is 12.7. The zero-order chi connectivity index (χ0) is 17.4. The molecule has 0 aliphatic carbocycles. The predicted molar refractivity (Wildman–Crippen MR) is 86.3 cm³/mol. The number of nitrogens with zero attached hydrogens (tertiary/aromatic N) is 2. The third kappa shape index (κ3) is 2.80. The highest BCUT2D eigenvalue weighted by Crippen LogP contribution is 2.33. The largest absolute Gasteiger partial charge is 0.454 e. The van der Waals surface area contributed by atoms with E-state index in [0.717, 1.165) is 0 Å². The van der Waals surface area contributed by atoms with Crippen molar-refractivity contribution in [1.82, 2.24) is 0 Å². The van der Waals surface area contributed by atoms with Gasteiger partial charge in [0, 0.05) is 17.7 Å². The number of carbonyl (C=O) groups is 1. The molecule has 8 nitrogen and oxygen atoms in total. The van der Waals surface area contributed by atoms with Crippen LogP contribution in [-0.2, 0) is 9.53 Å². The Labute approximate surface area is 141 Å². The Morgan fingerprint density at radius 3 is 2.80 bits per heavy atom. The van der Waals surface area contributed by atoms with Gasteiger partial charge in [-0.2, -0.15) is 0 Å². The fraction of sp³-hybridized carbons (Fsp3) is 0.0588.